The van der Waals surface area contributed by atoms with E-state index in [1.807, 2.05) is 0 Å². The maximum atomic E-state index is 12.2. The van der Waals surface area contributed by atoms with Crippen LogP contribution in [0, 0.1) is 11.3 Å². The number of carbonyl (C=O) groups is 2. The summed E-state index contributed by atoms with van der Waals surface area (Å²) in [5.74, 6) is 0.375. The first kappa shape index (κ1) is 12.4. The van der Waals surface area contributed by atoms with Crippen molar-refractivity contribution in [3.05, 3.63) is 0 Å². The molecule has 0 aromatic rings. The van der Waals surface area contributed by atoms with Crippen molar-refractivity contribution in [2.45, 2.75) is 38.5 Å². The number of esters is 1. The molecule has 0 radical (unpaired) electrons. The molecule has 0 saturated heterocycles. The normalized spacial score (nSPS) is 21.5. The molecule has 0 aliphatic heterocycles. The lowest BCUT2D eigenvalue weighted by atomic mass is 9.83. The van der Waals surface area contributed by atoms with E-state index in [1.165, 1.54) is 26.4 Å². The van der Waals surface area contributed by atoms with Crippen LogP contribution in [0.2, 0.25) is 0 Å². The number of nitrogens with zero attached hydrogens (tertiary/aromatic N) is 1. The molecule has 2 aliphatic rings. The van der Waals surface area contributed by atoms with Crippen LogP contribution in [-0.4, -0.2) is 37.5 Å². The molecular formula is C13H21NO3. The van der Waals surface area contributed by atoms with Gasteiger partial charge in [0, 0.05) is 13.6 Å². The van der Waals surface area contributed by atoms with Gasteiger partial charge < -0.3 is 9.64 Å². The van der Waals surface area contributed by atoms with Gasteiger partial charge in [-0.1, -0.05) is 19.3 Å². The van der Waals surface area contributed by atoms with E-state index in [2.05, 4.69) is 0 Å². The highest BCUT2D eigenvalue weighted by atomic mass is 16.5. The van der Waals surface area contributed by atoms with Gasteiger partial charge in [0.2, 0.25) is 5.91 Å². The van der Waals surface area contributed by atoms with Crippen LogP contribution in [0.5, 0.6) is 0 Å². The van der Waals surface area contributed by atoms with Gasteiger partial charge in [-0.25, -0.2) is 0 Å². The molecule has 0 spiro atoms. The summed E-state index contributed by atoms with van der Waals surface area (Å²) < 4.78 is 4.72. The van der Waals surface area contributed by atoms with Gasteiger partial charge in [0.15, 0.2) is 0 Å². The maximum Gasteiger partial charge on any atom is 0.321 e. The van der Waals surface area contributed by atoms with E-state index in [0.29, 0.717) is 12.8 Å². The van der Waals surface area contributed by atoms with E-state index in [4.69, 9.17) is 4.74 Å². The van der Waals surface area contributed by atoms with Crippen molar-refractivity contribution in [2.75, 3.05) is 20.7 Å². The smallest absolute Gasteiger partial charge is 0.321 e. The Balaban J connectivity index is 1.83. The van der Waals surface area contributed by atoms with Gasteiger partial charge in [-0.15, -0.1) is 0 Å². The van der Waals surface area contributed by atoms with Gasteiger partial charge in [0.1, 0.15) is 5.41 Å². The molecule has 0 heterocycles. The molecular weight excluding hydrogens is 218 g/mol. The molecule has 0 aromatic heterocycles. The Bertz CT molecular complexity index is 319. The summed E-state index contributed by atoms with van der Waals surface area (Å²) in [4.78, 5) is 25.5. The molecule has 2 saturated carbocycles. The fraction of sp³-hybridized carbons (Fsp3) is 0.846. The summed E-state index contributed by atoms with van der Waals surface area (Å²) in [5.41, 5.74) is -0.830. The topological polar surface area (TPSA) is 46.6 Å². The molecule has 0 atom stereocenters. The van der Waals surface area contributed by atoms with Crippen LogP contribution in [0.15, 0.2) is 0 Å². The number of amides is 1. The van der Waals surface area contributed by atoms with Crippen LogP contribution in [0.1, 0.15) is 38.5 Å². The van der Waals surface area contributed by atoms with Gasteiger partial charge in [-0.05, 0) is 25.2 Å². The van der Waals surface area contributed by atoms with E-state index < -0.39 is 5.41 Å². The SMILES string of the molecule is COC(=O)C1(C(=O)N(C)CCC2CCC2)CC1. The number of hydrogen-bond acceptors (Lipinski definition) is 3. The van der Waals surface area contributed by atoms with Crippen LogP contribution in [0.4, 0.5) is 0 Å². The second-order valence-corrected chi connectivity index (χ2v) is 5.39. The minimum atomic E-state index is -0.830. The molecule has 0 N–H and O–H groups in total. The van der Waals surface area contributed by atoms with Gasteiger partial charge in [0.25, 0.3) is 0 Å². The fourth-order valence-electron chi connectivity index (χ4n) is 2.45. The van der Waals surface area contributed by atoms with Gasteiger partial charge in [-0.3, -0.25) is 9.59 Å². The first-order valence-corrected chi connectivity index (χ1v) is 6.44. The van der Waals surface area contributed by atoms with Gasteiger partial charge in [-0.2, -0.15) is 0 Å². The van der Waals surface area contributed by atoms with Crippen molar-refractivity contribution in [1.82, 2.24) is 4.90 Å². The molecule has 2 fully saturated rings. The van der Waals surface area contributed by atoms with Crippen LogP contribution < -0.4 is 0 Å². The number of hydrogen-bond donors (Lipinski definition) is 0. The molecule has 0 unspecified atom stereocenters. The molecule has 4 heteroatoms. The Kier molecular flexibility index (Phi) is 3.40. The first-order valence-electron chi connectivity index (χ1n) is 6.44. The largest absolute Gasteiger partial charge is 0.468 e. The van der Waals surface area contributed by atoms with Crippen LogP contribution >= 0.6 is 0 Å². The lowest BCUT2D eigenvalue weighted by Gasteiger charge is -2.28. The Morgan fingerprint density at radius 1 is 1.35 bits per heavy atom. The summed E-state index contributed by atoms with van der Waals surface area (Å²) in [7, 11) is 3.15. The molecule has 96 valence electrons. The van der Waals surface area contributed by atoms with Crippen molar-refractivity contribution in [3.63, 3.8) is 0 Å². The zero-order valence-corrected chi connectivity index (χ0v) is 10.7. The number of ether oxygens (including phenoxy) is 1. The number of methoxy groups -OCH3 is 1. The molecule has 1 amide bonds. The number of carbonyl (C=O) groups excluding carboxylic acids is 2. The molecule has 0 bridgehead atoms. The Morgan fingerprint density at radius 3 is 2.41 bits per heavy atom. The van der Waals surface area contributed by atoms with Crippen LogP contribution in [0.3, 0.4) is 0 Å². The third-order valence-corrected chi connectivity index (χ3v) is 4.18. The van der Waals surface area contributed by atoms with E-state index in [9.17, 15) is 9.59 Å². The zero-order valence-electron chi connectivity index (χ0n) is 10.7. The van der Waals surface area contributed by atoms with Gasteiger partial charge in [0.05, 0.1) is 7.11 Å². The predicted octanol–water partition coefficient (Wildman–Crippen LogP) is 1.59. The average Bonchev–Trinajstić information content (AvgIpc) is 3.06. The average molecular weight is 239 g/mol. The van der Waals surface area contributed by atoms with Crippen molar-refractivity contribution in [1.29, 1.82) is 0 Å². The van der Waals surface area contributed by atoms with Crippen molar-refractivity contribution in [3.8, 4) is 0 Å². The van der Waals surface area contributed by atoms with Crippen molar-refractivity contribution < 1.29 is 14.3 Å². The molecule has 2 aliphatic carbocycles. The highest BCUT2D eigenvalue weighted by molar-refractivity contribution is 6.05. The van der Waals surface area contributed by atoms with Crippen molar-refractivity contribution in [2.24, 2.45) is 11.3 Å². The second-order valence-electron chi connectivity index (χ2n) is 5.39. The Labute approximate surface area is 102 Å². The minimum absolute atomic E-state index is 0.0522. The first-order chi connectivity index (χ1) is 8.10. The van der Waals surface area contributed by atoms with E-state index >= 15 is 0 Å². The predicted molar refractivity (Wildman–Crippen MR) is 63.3 cm³/mol. The summed E-state index contributed by atoms with van der Waals surface area (Å²) in [6.07, 6.45) is 6.28. The third kappa shape index (κ3) is 2.31. The molecule has 4 nitrogen and oxygen atoms in total. The van der Waals surface area contributed by atoms with Crippen LogP contribution in [0.25, 0.3) is 0 Å². The van der Waals surface area contributed by atoms with Crippen LogP contribution in [-0.2, 0) is 14.3 Å². The summed E-state index contributed by atoms with van der Waals surface area (Å²) in [5, 5.41) is 0. The van der Waals surface area contributed by atoms with Gasteiger partial charge >= 0.3 is 5.97 Å². The summed E-state index contributed by atoms with van der Waals surface area (Å²) in [6, 6.07) is 0. The maximum absolute atomic E-state index is 12.2. The number of rotatable bonds is 5. The molecule has 2 rings (SSSR count). The fourth-order valence-corrected chi connectivity index (χ4v) is 2.45. The van der Waals surface area contributed by atoms with E-state index in [1.54, 1.807) is 11.9 Å². The summed E-state index contributed by atoms with van der Waals surface area (Å²) >= 11 is 0. The quantitative estimate of drug-likeness (QED) is 0.540. The second kappa shape index (κ2) is 4.67. The Morgan fingerprint density at radius 2 is 2.00 bits per heavy atom. The minimum Gasteiger partial charge on any atom is -0.468 e. The Hall–Kier alpha value is -1.06. The summed E-state index contributed by atoms with van der Waals surface area (Å²) in [6.45, 7) is 0.766. The van der Waals surface area contributed by atoms with E-state index in [0.717, 1.165) is 18.9 Å². The molecule has 17 heavy (non-hydrogen) atoms. The highest BCUT2D eigenvalue weighted by Crippen LogP contribution is 2.48. The van der Waals surface area contributed by atoms with E-state index in [-0.39, 0.29) is 11.9 Å². The monoisotopic (exact) mass is 239 g/mol. The lowest BCUT2D eigenvalue weighted by molar-refractivity contribution is -0.155. The lowest BCUT2D eigenvalue weighted by Crippen LogP contribution is -2.40. The highest BCUT2D eigenvalue weighted by Gasteiger charge is 2.58. The van der Waals surface area contributed by atoms with Crippen molar-refractivity contribution >= 4 is 11.9 Å². The standard InChI is InChI=1S/C13H21NO3/c1-14(9-6-10-4-3-5-10)11(15)13(7-8-13)12(16)17-2/h10H,3-9H2,1-2H3. The zero-order chi connectivity index (χ0) is 12.5. The molecule has 0 aromatic carbocycles. The third-order valence-electron chi connectivity index (χ3n) is 4.18.